The third kappa shape index (κ3) is 6.57. The molecule has 0 saturated heterocycles. The first-order valence-electron chi connectivity index (χ1n) is 7.56. The van der Waals surface area contributed by atoms with E-state index >= 15 is 0 Å². The fourth-order valence-corrected chi connectivity index (χ4v) is 2.72. The van der Waals surface area contributed by atoms with Gasteiger partial charge in [-0.3, -0.25) is 9.59 Å². The summed E-state index contributed by atoms with van der Waals surface area (Å²) in [6, 6.07) is 5.54. The van der Waals surface area contributed by atoms with Crippen LogP contribution in [-0.2, 0) is 14.6 Å². The molecule has 0 radical (unpaired) electrons. The maximum atomic E-state index is 12.4. The summed E-state index contributed by atoms with van der Waals surface area (Å²) < 4.78 is 27.9. The second-order valence-corrected chi connectivity index (χ2v) is 8.07. The number of hydrogen-bond donors (Lipinski definition) is 2. The Hall–Kier alpha value is -2.09. The zero-order valence-corrected chi connectivity index (χ0v) is 15.1. The Labute approximate surface area is 142 Å². The van der Waals surface area contributed by atoms with Gasteiger partial charge in [-0.25, -0.2) is 8.42 Å². The molecule has 0 aromatic heterocycles. The summed E-state index contributed by atoms with van der Waals surface area (Å²) in [6.45, 7) is 3.57. The molecule has 24 heavy (non-hydrogen) atoms. The molecule has 0 aliphatic rings. The predicted molar refractivity (Wildman–Crippen MR) is 91.9 cm³/mol. The van der Waals surface area contributed by atoms with E-state index in [-0.39, 0.29) is 23.8 Å². The van der Waals surface area contributed by atoms with E-state index in [1.807, 2.05) is 0 Å². The van der Waals surface area contributed by atoms with Crippen molar-refractivity contribution in [2.24, 2.45) is 0 Å². The van der Waals surface area contributed by atoms with Crippen molar-refractivity contribution in [3.05, 3.63) is 29.8 Å². The van der Waals surface area contributed by atoms with Gasteiger partial charge in [-0.2, -0.15) is 0 Å². The number of ether oxygens (including phenoxy) is 1. The van der Waals surface area contributed by atoms with Crippen LogP contribution in [0.1, 0.15) is 30.6 Å². The topological polar surface area (TPSA) is 102 Å². The van der Waals surface area contributed by atoms with Gasteiger partial charge < -0.3 is 15.4 Å². The average Bonchev–Trinajstić information content (AvgIpc) is 2.49. The number of hydrogen-bond acceptors (Lipinski definition) is 5. The van der Waals surface area contributed by atoms with Crippen LogP contribution in [0.2, 0.25) is 0 Å². The summed E-state index contributed by atoms with van der Waals surface area (Å²) in [4.78, 5) is 24.7. The number of sulfone groups is 1. The molecule has 7 nitrogen and oxygen atoms in total. The fourth-order valence-electron chi connectivity index (χ4n) is 2.05. The highest BCUT2D eigenvalue weighted by molar-refractivity contribution is 7.90. The second-order valence-electron chi connectivity index (χ2n) is 5.81. The van der Waals surface area contributed by atoms with E-state index in [0.717, 1.165) is 6.26 Å². The minimum Gasteiger partial charge on any atom is -0.496 e. The Kier molecular flexibility index (Phi) is 7.21. The molecule has 0 fully saturated rings. The summed E-state index contributed by atoms with van der Waals surface area (Å²) in [5.74, 6) is -0.738. The first kappa shape index (κ1) is 20.0. The molecular weight excluding hydrogens is 332 g/mol. The van der Waals surface area contributed by atoms with Crippen molar-refractivity contribution in [3.8, 4) is 5.75 Å². The predicted octanol–water partition coefficient (Wildman–Crippen LogP) is 0.753. The molecule has 1 atom stereocenters. The van der Waals surface area contributed by atoms with E-state index in [0.29, 0.717) is 5.75 Å². The molecule has 0 bridgehead atoms. The van der Waals surface area contributed by atoms with E-state index in [9.17, 15) is 18.0 Å². The van der Waals surface area contributed by atoms with Crippen LogP contribution in [0.5, 0.6) is 5.75 Å². The molecule has 0 saturated carbocycles. The number of benzene rings is 1. The standard InChI is InChI=1S/C16H24N2O5S/c1-11(2)17-16(20)13(9-10-24(4,21)22)18-15(19)12-7-5-6-8-14(12)23-3/h5-8,11,13H,9-10H2,1-4H3,(H,17,20)(H,18,19)/t13-/m1/s1. The maximum absolute atomic E-state index is 12.4. The Morgan fingerprint density at radius 1 is 1.17 bits per heavy atom. The van der Waals surface area contributed by atoms with Crippen LogP contribution in [-0.4, -0.2) is 51.4 Å². The highest BCUT2D eigenvalue weighted by Gasteiger charge is 2.24. The summed E-state index contributed by atoms with van der Waals surface area (Å²) >= 11 is 0. The normalized spacial score (nSPS) is 12.5. The Morgan fingerprint density at radius 3 is 2.33 bits per heavy atom. The maximum Gasteiger partial charge on any atom is 0.255 e. The van der Waals surface area contributed by atoms with Gasteiger partial charge >= 0.3 is 0 Å². The summed E-state index contributed by atoms with van der Waals surface area (Å²) in [5.41, 5.74) is 0.279. The van der Waals surface area contributed by atoms with Crippen molar-refractivity contribution in [2.45, 2.75) is 32.4 Å². The van der Waals surface area contributed by atoms with Crippen LogP contribution in [0, 0.1) is 0 Å². The molecule has 134 valence electrons. The van der Waals surface area contributed by atoms with Gasteiger partial charge in [0.15, 0.2) is 0 Å². The van der Waals surface area contributed by atoms with Crippen molar-refractivity contribution < 1.29 is 22.7 Å². The van der Waals surface area contributed by atoms with Crippen molar-refractivity contribution in [2.75, 3.05) is 19.1 Å². The largest absolute Gasteiger partial charge is 0.496 e. The van der Waals surface area contributed by atoms with Crippen molar-refractivity contribution >= 4 is 21.7 Å². The van der Waals surface area contributed by atoms with Crippen molar-refractivity contribution in [1.82, 2.24) is 10.6 Å². The molecule has 8 heteroatoms. The van der Waals surface area contributed by atoms with Crippen LogP contribution >= 0.6 is 0 Å². The average molecular weight is 356 g/mol. The van der Waals surface area contributed by atoms with Gasteiger partial charge in [0, 0.05) is 12.3 Å². The van der Waals surface area contributed by atoms with Crippen molar-refractivity contribution in [1.29, 1.82) is 0 Å². The van der Waals surface area contributed by atoms with Crippen LogP contribution in [0.25, 0.3) is 0 Å². The van der Waals surface area contributed by atoms with Gasteiger partial charge in [0.2, 0.25) is 5.91 Å². The molecule has 1 aromatic rings. The van der Waals surface area contributed by atoms with Crippen molar-refractivity contribution in [3.63, 3.8) is 0 Å². The third-order valence-electron chi connectivity index (χ3n) is 3.18. The zero-order chi connectivity index (χ0) is 18.3. The summed E-state index contributed by atoms with van der Waals surface area (Å²) in [6.07, 6.45) is 1.09. The Morgan fingerprint density at radius 2 is 1.79 bits per heavy atom. The molecule has 1 aromatic carbocycles. The molecule has 0 aliphatic heterocycles. The number of nitrogens with one attached hydrogen (secondary N) is 2. The lowest BCUT2D eigenvalue weighted by Crippen LogP contribution is -2.49. The number of para-hydroxylation sites is 1. The number of rotatable bonds is 8. The molecule has 2 N–H and O–H groups in total. The van der Waals surface area contributed by atoms with E-state index in [1.165, 1.54) is 7.11 Å². The van der Waals surface area contributed by atoms with E-state index < -0.39 is 27.7 Å². The Balaban J connectivity index is 2.93. The summed E-state index contributed by atoms with van der Waals surface area (Å²) in [5, 5.41) is 5.28. The monoisotopic (exact) mass is 356 g/mol. The number of amides is 2. The smallest absolute Gasteiger partial charge is 0.255 e. The highest BCUT2D eigenvalue weighted by Crippen LogP contribution is 2.17. The SMILES string of the molecule is COc1ccccc1C(=O)N[C@H](CCS(C)(=O)=O)C(=O)NC(C)C. The zero-order valence-electron chi connectivity index (χ0n) is 14.3. The number of carbonyl (C=O) groups excluding carboxylic acids is 2. The minimum absolute atomic E-state index is 0.00171. The van der Waals surface area contributed by atoms with Gasteiger partial charge in [0.1, 0.15) is 21.6 Å². The van der Waals surface area contributed by atoms with Gasteiger partial charge in [-0.1, -0.05) is 12.1 Å². The molecule has 0 unspecified atom stereocenters. The van der Waals surface area contributed by atoms with E-state index in [2.05, 4.69) is 10.6 Å². The lowest BCUT2D eigenvalue weighted by molar-refractivity contribution is -0.123. The van der Waals surface area contributed by atoms with Gasteiger partial charge in [0.05, 0.1) is 18.4 Å². The molecule has 0 aliphatic carbocycles. The number of carbonyl (C=O) groups is 2. The molecule has 0 spiro atoms. The minimum atomic E-state index is -3.25. The molecule has 0 heterocycles. The first-order valence-corrected chi connectivity index (χ1v) is 9.62. The van der Waals surface area contributed by atoms with Gasteiger partial charge in [-0.15, -0.1) is 0 Å². The van der Waals surface area contributed by atoms with Gasteiger partial charge in [0.25, 0.3) is 5.91 Å². The van der Waals surface area contributed by atoms with Crippen LogP contribution in [0.15, 0.2) is 24.3 Å². The van der Waals surface area contributed by atoms with Crippen LogP contribution < -0.4 is 15.4 Å². The Bertz CT molecular complexity index is 685. The van der Waals surface area contributed by atoms with Gasteiger partial charge in [-0.05, 0) is 32.4 Å². The molecule has 1 rings (SSSR count). The van der Waals surface area contributed by atoms with E-state index in [1.54, 1.807) is 38.1 Å². The van der Waals surface area contributed by atoms with Crippen LogP contribution in [0.4, 0.5) is 0 Å². The van der Waals surface area contributed by atoms with Crippen LogP contribution in [0.3, 0.4) is 0 Å². The van der Waals surface area contributed by atoms with E-state index in [4.69, 9.17) is 4.74 Å². The lowest BCUT2D eigenvalue weighted by atomic mass is 10.1. The highest BCUT2D eigenvalue weighted by atomic mass is 32.2. The quantitative estimate of drug-likeness (QED) is 0.716. The summed E-state index contributed by atoms with van der Waals surface area (Å²) in [7, 11) is -1.81. The number of methoxy groups -OCH3 is 1. The lowest BCUT2D eigenvalue weighted by Gasteiger charge is -2.20. The second kappa shape index (κ2) is 8.68. The fraction of sp³-hybridized carbons (Fsp3) is 0.500. The molecule has 2 amide bonds. The molecular formula is C16H24N2O5S. The third-order valence-corrected chi connectivity index (χ3v) is 4.16. The first-order chi connectivity index (χ1) is 11.1.